The predicted molar refractivity (Wildman–Crippen MR) is 107 cm³/mol. The molecule has 28 heavy (non-hydrogen) atoms. The van der Waals surface area contributed by atoms with Crippen LogP contribution >= 0.6 is 11.8 Å². The Morgan fingerprint density at radius 3 is 2.57 bits per heavy atom. The van der Waals surface area contributed by atoms with Gasteiger partial charge in [-0.05, 0) is 29.8 Å². The fraction of sp³-hybridized carbons (Fsp3) is 0.200. The second-order valence-electron chi connectivity index (χ2n) is 6.03. The molecule has 0 saturated carbocycles. The molecule has 144 valence electrons. The molecule has 1 aromatic heterocycles. The number of ether oxygens (including phenoxy) is 1. The van der Waals surface area contributed by atoms with Crippen LogP contribution in [0.15, 0.2) is 58.5 Å². The van der Waals surface area contributed by atoms with Crippen LogP contribution < -0.4 is 10.9 Å². The van der Waals surface area contributed by atoms with Gasteiger partial charge in [0.1, 0.15) is 0 Å². The maximum Gasteiger partial charge on any atom is 0.337 e. The van der Waals surface area contributed by atoms with Crippen LogP contribution in [0.1, 0.15) is 15.9 Å². The lowest BCUT2D eigenvalue weighted by atomic mass is 10.1. The third-order valence-corrected chi connectivity index (χ3v) is 5.17. The highest BCUT2D eigenvalue weighted by molar-refractivity contribution is 7.99. The number of rotatable bonds is 6. The van der Waals surface area contributed by atoms with Crippen molar-refractivity contribution in [3.63, 3.8) is 0 Å². The first-order chi connectivity index (χ1) is 13.5. The van der Waals surface area contributed by atoms with Crippen LogP contribution in [0.4, 0.5) is 0 Å². The Morgan fingerprint density at radius 1 is 1.14 bits per heavy atom. The fourth-order valence-electron chi connectivity index (χ4n) is 2.58. The maximum absolute atomic E-state index is 12.4. The van der Waals surface area contributed by atoms with Crippen LogP contribution in [0.3, 0.4) is 0 Å². The fourth-order valence-corrected chi connectivity index (χ4v) is 3.39. The molecule has 3 aromatic rings. The number of fused-ring (bicyclic) bond motifs is 1. The highest BCUT2D eigenvalue weighted by atomic mass is 32.2. The van der Waals surface area contributed by atoms with Crippen LogP contribution in [0.5, 0.6) is 0 Å². The first-order valence-corrected chi connectivity index (χ1v) is 9.50. The van der Waals surface area contributed by atoms with Crippen molar-refractivity contribution < 1.29 is 14.3 Å². The number of esters is 1. The SMILES string of the molecule is COC(=O)c1ccc(CNC(=O)CSc2nc3ccccc3c(=O)n2C)cc1. The van der Waals surface area contributed by atoms with Gasteiger partial charge in [-0.3, -0.25) is 14.2 Å². The molecule has 0 aliphatic heterocycles. The van der Waals surface area contributed by atoms with Crippen molar-refractivity contribution in [1.82, 2.24) is 14.9 Å². The predicted octanol–water partition coefficient (Wildman–Crippen LogP) is 2.13. The normalized spacial score (nSPS) is 10.6. The quantitative estimate of drug-likeness (QED) is 0.389. The molecule has 3 rings (SSSR count). The van der Waals surface area contributed by atoms with Gasteiger partial charge in [0.2, 0.25) is 5.91 Å². The first-order valence-electron chi connectivity index (χ1n) is 8.52. The van der Waals surface area contributed by atoms with E-state index in [1.807, 2.05) is 6.07 Å². The molecule has 0 bridgehead atoms. The van der Waals surface area contributed by atoms with E-state index in [-0.39, 0.29) is 17.2 Å². The molecule has 7 nitrogen and oxygen atoms in total. The zero-order valence-corrected chi connectivity index (χ0v) is 16.3. The van der Waals surface area contributed by atoms with E-state index in [1.54, 1.807) is 49.5 Å². The van der Waals surface area contributed by atoms with E-state index in [1.165, 1.54) is 23.4 Å². The number of thioether (sulfide) groups is 1. The van der Waals surface area contributed by atoms with E-state index in [0.717, 1.165) is 5.56 Å². The number of aromatic nitrogens is 2. The van der Waals surface area contributed by atoms with Crippen LogP contribution in [0.2, 0.25) is 0 Å². The summed E-state index contributed by atoms with van der Waals surface area (Å²) in [5.74, 6) is -0.441. The summed E-state index contributed by atoms with van der Waals surface area (Å²) in [7, 11) is 2.97. The number of nitrogens with one attached hydrogen (secondary N) is 1. The van der Waals surface area contributed by atoms with Crippen molar-refractivity contribution in [3.05, 3.63) is 70.0 Å². The summed E-state index contributed by atoms with van der Waals surface area (Å²) >= 11 is 1.21. The van der Waals surface area contributed by atoms with Gasteiger partial charge in [-0.15, -0.1) is 0 Å². The van der Waals surface area contributed by atoms with Gasteiger partial charge < -0.3 is 10.1 Å². The van der Waals surface area contributed by atoms with Gasteiger partial charge in [0.05, 0.1) is 29.3 Å². The lowest BCUT2D eigenvalue weighted by molar-refractivity contribution is -0.118. The minimum absolute atomic E-state index is 0.138. The van der Waals surface area contributed by atoms with Crippen LogP contribution in [0.25, 0.3) is 10.9 Å². The van der Waals surface area contributed by atoms with Crippen molar-refractivity contribution in [3.8, 4) is 0 Å². The van der Waals surface area contributed by atoms with Gasteiger partial charge in [-0.2, -0.15) is 0 Å². The standard InChI is InChI=1S/C20H19N3O4S/c1-23-18(25)15-5-3-4-6-16(15)22-20(23)28-12-17(24)21-11-13-7-9-14(10-8-13)19(26)27-2/h3-10H,11-12H2,1-2H3,(H,21,24). The van der Waals surface area contributed by atoms with E-state index < -0.39 is 5.97 Å². The van der Waals surface area contributed by atoms with E-state index in [2.05, 4.69) is 15.0 Å². The average Bonchev–Trinajstić information content (AvgIpc) is 2.73. The van der Waals surface area contributed by atoms with E-state index >= 15 is 0 Å². The molecule has 0 radical (unpaired) electrons. The number of hydrogen-bond acceptors (Lipinski definition) is 6. The summed E-state index contributed by atoms with van der Waals surface area (Å²) in [5, 5.41) is 3.85. The first kappa shape index (κ1) is 19.6. The lowest BCUT2D eigenvalue weighted by Gasteiger charge is -2.09. The number of amides is 1. The van der Waals surface area contributed by atoms with Crippen molar-refractivity contribution >= 4 is 34.5 Å². The third-order valence-electron chi connectivity index (χ3n) is 4.14. The monoisotopic (exact) mass is 397 g/mol. The van der Waals surface area contributed by atoms with Crippen molar-refractivity contribution in [1.29, 1.82) is 0 Å². The average molecular weight is 397 g/mol. The van der Waals surface area contributed by atoms with Gasteiger partial charge in [-0.1, -0.05) is 36.0 Å². The second kappa shape index (κ2) is 8.71. The second-order valence-corrected chi connectivity index (χ2v) is 6.97. The highest BCUT2D eigenvalue weighted by Crippen LogP contribution is 2.16. The molecule has 0 saturated heterocycles. The molecular formula is C20H19N3O4S. The molecule has 0 spiro atoms. The van der Waals surface area contributed by atoms with Crippen LogP contribution in [0, 0.1) is 0 Å². The van der Waals surface area contributed by atoms with Gasteiger partial charge >= 0.3 is 5.97 Å². The Hall–Kier alpha value is -3.13. The molecular weight excluding hydrogens is 378 g/mol. The van der Waals surface area contributed by atoms with Crippen molar-refractivity contribution in [2.75, 3.05) is 12.9 Å². The van der Waals surface area contributed by atoms with E-state index in [9.17, 15) is 14.4 Å². The zero-order chi connectivity index (χ0) is 20.1. The molecule has 0 fully saturated rings. The summed E-state index contributed by atoms with van der Waals surface area (Å²) in [6.07, 6.45) is 0. The number of nitrogens with zero attached hydrogens (tertiary/aromatic N) is 2. The van der Waals surface area contributed by atoms with Gasteiger partial charge in [-0.25, -0.2) is 9.78 Å². The molecule has 0 aliphatic rings. The van der Waals surface area contributed by atoms with Gasteiger partial charge in [0, 0.05) is 13.6 Å². The van der Waals surface area contributed by atoms with Gasteiger partial charge in [0.25, 0.3) is 5.56 Å². The Balaban J connectivity index is 1.59. The summed E-state index contributed by atoms with van der Waals surface area (Å²) in [5.41, 5.74) is 1.79. The minimum atomic E-state index is -0.402. The summed E-state index contributed by atoms with van der Waals surface area (Å²) in [6.45, 7) is 0.338. The molecule has 0 atom stereocenters. The third kappa shape index (κ3) is 4.40. The molecule has 0 aliphatic carbocycles. The Labute approximate surface area is 165 Å². The largest absolute Gasteiger partial charge is 0.465 e. The Bertz CT molecular complexity index is 1080. The molecule has 1 heterocycles. The minimum Gasteiger partial charge on any atom is -0.465 e. The van der Waals surface area contributed by atoms with E-state index in [0.29, 0.717) is 28.2 Å². The maximum atomic E-state index is 12.4. The molecule has 8 heteroatoms. The summed E-state index contributed by atoms with van der Waals surface area (Å²) in [6, 6.07) is 13.9. The molecule has 1 N–H and O–H groups in total. The molecule has 0 unspecified atom stereocenters. The Kier molecular flexibility index (Phi) is 6.10. The number of methoxy groups -OCH3 is 1. The summed E-state index contributed by atoms with van der Waals surface area (Å²) < 4.78 is 6.10. The van der Waals surface area contributed by atoms with Gasteiger partial charge in [0.15, 0.2) is 5.16 Å². The number of hydrogen-bond donors (Lipinski definition) is 1. The summed E-state index contributed by atoms with van der Waals surface area (Å²) in [4.78, 5) is 40.4. The highest BCUT2D eigenvalue weighted by Gasteiger charge is 2.11. The molecule has 2 aromatic carbocycles. The van der Waals surface area contributed by atoms with Crippen LogP contribution in [-0.2, 0) is 23.1 Å². The zero-order valence-electron chi connectivity index (χ0n) is 15.5. The Morgan fingerprint density at radius 2 is 1.86 bits per heavy atom. The van der Waals surface area contributed by atoms with Crippen molar-refractivity contribution in [2.45, 2.75) is 11.7 Å². The van der Waals surface area contributed by atoms with E-state index in [4.69, 9.17) is 0 Å². The number of carbonyl (C=O) groups excluding carboxylic acids is 2. The lowest BCUT2D eigenvalue weighted by Crippen LogP contribution is -2.26. The van der Waals surface area contributed by atoms with Crippen LogP contribution in [-0.4, -0.2) is 34.3 Å². The topological polar surface area (TPSA) is 90.3 Å². The van der Waals surface area contributed by atoms with Crippen molar-refractivity contribution in [2.24, 2.45) is 7.05 Å². The number of benzene rings is 2. The molecule has 1 amide bonds. The smallest absolute Gasteiger partial charge is 0.337 e. The number of para-hydroxylation sites is 1. The number of carbonyl (C=O) groups is 2.